The molecule has 1 amide bonds. The monoisotopic (exact) mass is 403 g/mol. The largest absolute Gasteiger partial charge is 0.417 e. The Hall–Kier alpha value is -1.50. The second-order valence-corrected chi connectivity index (χ2v) is 8.38. The minimum atomic E-state index is -4.46. The summed E-state index contributed by atoms with van der Waals surface area (Å²) in [6.07, 6.45) is -1.17. The number of halogens is 4. The van der Waals surface area contributed by atoms with E-state index in [1.54, 1.807) is 0 Å². The van der Waals surface area contributed by atoms with Crippen molar-refractivity contribution in [1.29, 1.82) is 0 Å². The smallest absolute Gasteiger partial charge is 0.355 e. The van der Waals surface area contributed by atoms with Gasteiger partial charge in [0, 0.05) is 38.3 Å². The third-order valence-electron chi connectivity index (χ3n) is 5.47. The summed E-state index contributed by atoms with van der Waals surface area (Å²) < 4.78 is 38.3. The predicted molar refractivity (Wildman–Crippen MR) is 98.7 cm³/mol. The minimum absolute atomic E-state index is 0.00622. The zero-order chi connectivity index (χ0) is 19.8. The van der Waals surface area contributed by atoms with E-state index in [2.05, 4.69) is 18.8 Å². The molecule has 27 heavy (non-hydrogen) atoms. The van der Waals surface area contributed by atoms with Crippen molar-refractivity contribution in [3.63, 3.8) is 0 Å². The van der Waals surface area contributed by atoms with Gasteiger partial charge in [0.25, 0.3) is 0 Å². The number of pyridine rings is 1. The molecule has 3 rings (SSSR count). The highest BCUT2D eigenvalue weighted by Crippen LogP contribution is 2.35. The lowest BCUT2D eigenvalue weighted by Gasteiger charge is -2.39. The number of piperidine rings is 2. The molecule has 0 bridgehead atoms. The lowest BCUT2D eigenvalue weighted by atomic mass is 9.89. The summed E-state index contributed by atoms with van der Waals surface area (Å²) in [6.45, 7) is 7.11. The van der Waals surface area contributed by atoms with E-state index < -0.39 is 11.7 Å². The number of alkyl halides is 3. The summed E-state index contributed by atoms with van der Waals surface area (Å²) >= 11 is 6.04. The Bertz CT molecular complexity index is 679. The number of hydrogen-bond donors (Lipinski definition) is 0. The predicted octanol–water partition coefficient (Wildman–Crippen LogP) is 4.47. The molecule has 2 unspecified atom stereocenters. The molecule has 0 aliphatic carbocycles. The SMILES string of the molecule is CC1CC(C)CN(C(=O)C2CCN(c3ncc(C(F)(F)F)cc3Cl)CC2)C1. The Morgan fingerprint density at radius 1 is 1.19 bits per heavy atom. The second-order valence-electron chi connectivity index (χ2n) is 7.98. The number of likely N-dealkylation sites (tertiary alicyclic amines) is 1. The summed E-state index contributed by atoms with van der Waals surface area (Å²) in [6, 6.07) is 0.914. The van der Waals surface area contributed by atoms with E-state index in [1.807, 2.05) is 9.80 Å². The maximum Gasteiger partial charge on any atom is 0.417 e. The van der Waals surface area contributed by atoms with Gasteiger partial charge >= 0.3 is 6.18 Å². The molecule has 0 radical (unpaired) electrons. The fourth-order valence-electron chi connectivity index (χ4n) is 4.26. The summed E-state index contributed by atoms with van der Waals surface area (Å²) in [5, 5.41) is -0.00622. The van der Waals surface area contributed by atoms with Crippen LogP contribution >= 0.6 is 11.6 Å². The quantitative estimate of drug-likeness (QED) is 0.730. The number of nitrogens with zero attached hydrogens (tertiary/aromatic N) is 3. The molecule has 1 aromatic heterocycles. The van der Waals surface area contributed by atoms with Crippen LogP contribution < -0.4 is 4.90 Å². The number of aromatic nitrogens is 1. The number of rotatable bonds is 2. The zero-order valence-electron chi connectivity index (χ0n) is 15.6. The molecule has 2 aliphatic heterocycles. The van der Waals surface area contributed by atoms with Gasteiger partial charge < -0.3 is 9.80 Å². The van der Waals surface area contributed by atoms with Gasteiger partial charge in [-0.25, -0.2) is 4.98 Å². The average molecular weight is 404 g/mol. The molecule has 8 heteroatoms. The van der Waals surface area contributed by atoms with Crippen LogP contribution in [0.2, 0.25) is 5.02 Å². The van der Waals surface area contributed by atoms with Crippen molar-refractivity contribution in [3.05, 3.63) is 22.8 Å². The molecule has 0 spiro atoms. The van der Waals surface area contributed by atoms with Crippen molar-refractivity contribution in [3.8, 4) is 0 Å². The van der Waals surface area contributed by atoms with Gasteiger partial charge in [-0.15, -0.1) is 0 Å². The Morgan fingerprint density at radius 2 is 1.78 bits per heavy atom. The number of amides is 1. The van der Waals surface area contributed by atoms with Crippen molar-refractivity contribution < 1.29 is 18.0 Å². The molecular formula is C19H25ClF3N3O. The number of carbonyl (C=O) groups excluding carboxylic acids is 1. The lowest BCUT2D eigenvalue weighted by Crippen LogP contribution is -2.48. The van der Waals surface area contributed by atoms with E-state index >= 15 is 0 Å². The molecule has 0 aromatic carbocycles. The number of hydrogen-bond acceptors (Lipinski definition) is 3. The van der Waals surface area contributed by atoms with E-state index in [0.717, 1.165) is 31.8 Å². The molecule has 2 fully saturated rings. The molecule has 2 saturated heterocycles. The Kier molecular flexibility index (Phi) is 5.89. The van der Waals surface area contributed by atoms with Crippen molar-refractivity contribution >= 4 is 23.3 Å². The molecule has 150 valence electrons. The average Bonchev–Trinajstić information content (AvgIpc) is 2.59. The zero-order valence-corrected chi connectivity index (χ0v) is 16.4. The van der Waals surface area contributed by atoms with Crippen molar-refractivity contribution in [2.75, 3.05) is 31.1 Å². The summed E-state index contributed by atoms with van der Waals surface area (Å²) in [4.78, 5) is 20.6. The van der Waals surface area contributed by atoms with Crippen molar-refractivity contribution in [1.82, 2.24) is 9.88 Å². The molecule has 1 aromatic rings. The highest BCUT2D eigenvalue weighted by molar-refractivity contribution is 6.33. The van der Waals surface area contributed by atoms with Gasteiger partial charge in [0.2, 0.25) is 5.91 Å². The summed E-state index contributed by atoms with van der Waals surface area (Å²) in [7, 11) is 0. The van der Waals surface area contributed by atoms with Gasteiger partial charge in [0.15, 0.2) is 0 Å². The van der Waals surface area contributed by atoms with Crippen molar-refractivity contribution in [2.24, 2.45) is 17.8 Å². The Morgan fingerprint density at radius 3 is 2.30 bits per heavy atom. The third-order valence-corrected chi connectivity index (χ3v) is 5.75. The molecule has 2 atom stereocenters. The number of carbonyl (C=O) groups is 1. The fourth-order valence-corrected chi connectivity index (χ4v) is 4.54. The Labute approximate surface area is 162 Å². The molecular weight excluding hydrogens is 379 g/mol. The lowest BCUT2D eigenvalue weighted by molar-refractivity contribution is -0.139. The van der Waals surface area contributed by atoms with Crippen LogP contribution in [0.25, 0.3) is 0 Å². The Balaban J connectivity index is 1.61. The van der Waals surface area contributed by atoms with Gasteiger partial charge in [-0.1, -0.05) is 25.4 Å². The van der Waals surface area contributed by atoms with Crippen molar-refractivity contribution in [2.45, 2.75) is 39.3 Å². The second kappa shape index (κ2) is 7.86. The molecule has 0 N–H and O–H groups in total. The van der Waals surface area contributed by atoms with Crippen LogP contribution in [-0.4, -0.2) is 42.0 Å². The summed E-state index contributed by atoms with van der Waals surface area (Å²) in [5.74, 6) is 1.57. The summed E-state index contributed by atoms with van der Waals surface area (Å²) in [5.41, 5.74) is -0.852. The van der Waals surface area contributed by atoms with Crippen LogP contribution in [0.15, 0.2) is 12.3 Å². The first-order valence-electron chi connectivity index (χ1n) is 9.41. The first-order valence-corrected chi connectivity index (χ1v) is 9.79. The molecule has 2 aliphatic rings. The molecule has 0 saturated carbocycles. The van der Waals surface area contributed by atoms with Crippen LogP contribution in [0, 0.1) is 17.8 Å². The normalized spacial score (nSPS) is 25.0. The van der Waals surface area contributed by atoms with Gasteiger partial charge in [-0.05, 0) is 37.2 Å². The fraction of sp³-hybridized carbons (Fsp3) is 0.684. The maximum atomic E-state index is 12.9. The molecule has 4 nitrogen and oxygen atoms in total. The topological polar surface area (TPSA) is 36.4 Å². The first kappa shape index (κ1) is 20.2. The van der Waals surface area contributed by atoms with E-state index in [-0.39, 0.29) is 16.8 Å². The number of anilines is 1. The third kappa shape index (κ3) is 4.68. The van der Waals surface area contributed by atoms with Gasteiger partial charge in [-0.2, -0.15) is 13.2 Å². The standard InChI is InChI=1S/C19H25ClF3N3O/c1-12-7-13(2)11-26(10-12)18(27)14-3-5-25(6-4-14)17-16(20)8-15(9-24-17)19(21,22)23/h8-9,12-14H,3-7,10-11H2,1-2H3. The van der Waals surface area contributed by atoms with E-state index in [1.165, 1.54) is 0 Å². The maximum absolute atomic E-state index is 12.9. The van der Waals surface area contributed by atoms with Crippen LogP contribution in [-0.2, 0) is 11.0 Å². The minimum Gasteiger partial charge on any atom is -0.355 e. The molecule has 3 heterocycles. The van der Waals surface area contributed by atoms with E-state index in [9.17, 15) is 18.0 Å². The van der Waals surface area contributed by atoms with Crippen LogP contribution in [0.1, 0.15) is 38.7 Å². The first-order chi connectivity index (χ1) is 12.6. The highest BCUT2D eigenvalue weighted by atomic mass is 35.5. The van der Waals surface area contributed by atoms with E-state index in [4.69, 9.17) is 11.6 Å². The van der Waals surface area contributed by atoms with Gasteiger partial charge in [-0.3, -0.25) is 4.79 Å². The highest BCUT2D eigenvalue weighted by Gasteiger charge is 2.34. The van der Waals surface area contributed by atoms with Crippen LogP contribution in [0.3, 0.4) is 0 Å². The van der Waals surface area contributed by atoms with Crippen LogP contribution in [0.5, 0.6) is 0 Å². The van der Waals surface area contributed by atoms with E-state index in [0.29, 0.717) is 43.6 Å². The van der Waals surface area contributed by atoms with Crippen LogP contribution in [0.4, 0.5) is 19.0 Å². The van der Waals surface area contributed by atoms with Gasteiger partial charge in [0.05, 0.1) is 10.6 Å². The van der Waals surface area contributed by atoms with Gasteiger partial charge in [0.1, 0.15) is 5.82 Å².